The Kier molecular flexibility index (Phi) is 8.21. The highest BCUT2D eigenvalue weighted by atomic mass is 35.5. The van der Waals surface area contributed by atoms with E-state index in [4.69, 9.17) is 16.6 Å². The third kappa shape index (κ3) is 5.81. The normalized spacial score (nSPS) is 16.6. The van der Waals surface area contributed by atoms with Gasteiger partial charge in [-0.05, 0) is 44.0 Å². The summed E-state index contributed by atoms with van der Waals surface area (Å²) in [5.74, 6) is 1.53. The van der Waals surface area contributed by atoms with Crippen LogP contribution >= 0.6 is 11.6 Å². The highest BCUT2D eigenvalue weighted by Gasteiger charge is 2.27. The lowest BCUT2D eigenvalue weighted by Gasteiger charge is -2.37. The third-order valence-corrected chi connectivity index (χ3v) is 7.86. The number of hydrogen-bond acceptors (Lipinski definition) is 6. The molecule has 0 bridgehead atoms. The van der Waals surface area contributed by atoms with Crippen LogP contribution in [0.3, 0.4) is 0 Å². The van der Waals surface area contributed by atoms with E-state index in [1.54, 1.807) is 6.21 Å². The number of carbonyl (C=O) groups excluding carboxylic acids is 1. The van der Waals surface area contributed by atoms with Crippen LogP contribution in [0.5, 0.6) is 0 Å². The highest BCUT2D eigenvalue weighted by molar-refractivity contribution is 6.33. The van der Waals surface area contributed by atoms with Crippen molar-refractivity contribution in [2.75, 3.05) is 54.4 Å². The van der Waals surface area contributed by atoms with Gasteiger partial charge in [0.15, 0.2) is 5.82 Å². The van der Waals surface area contributed by atoms with Crippen molar-refractivity contribution in [3.63, 3.8) is 0 Å². The van der Waals surface area contributed by atoms with Gasteiger partial charge in [0.25, 0.3) is 0 Å². The lowest BCUT2D eigenvalue weighted by atomic mass is 10.1. The van der Waals surface area contributed by atoms with Crippen molar-refractivity contribution in [1.82, 2.24) is 14.5 Å². The number of piperazine rings is 1. The van der Waals surface area contributed by atoms with Crippen LogP contribution in [-0.4, -0.2) is 71.9 Å². The van der Waals surface area contributed by atoms with E-state index < -0.39 is 6.04 Å². The molecule has 0 spiro atoms. The van der Waals surface area contributed by atoms with Gasteiger partial charge in [-0.2, -0.15) is 0 Å². The fourth-order valence-corrected chi connectivity index (χ4v) is 5.59. The number of hydrogen-bond donors (Lipinski definition) is 1. The summed E-state index contributed by atoms with van der Waals surface area (Å²) < 4.78 is 1.94. The van der Waals surface area contributed by atoms with Gasteiger partial charge in [0, 0.05) is 63.8 Å². The number of aromatic nitrogens is 2. The van der Waals surface area contributed by atoms with Gasteiger partial charge in [-0.15, -0.1) is 0 Å². The van der Waals surface area contributed by atoms with Crippen molar-refractivity contribution < 1.29 is 4.79 Å². The van der Waals surface area contributed by atoms with E-state index in [9.17, 15) is 4.79 Å². The number of halogens is 1. The summed E-state index contributed by atoms with van der Waals surface area (Å²) in [6, 6.07) is 15.9. The van der Waals surface area contributed by atoms with Gasteiger partial charge >= 0.3 is 0 Å². The summed E-state index contributed by atoms with van der Waals surface area (Å²) in [7, 11) is 1.93. The second kappa shape index (κ2) is 11.9. The molecule has 1 atom stereocenters. The molecule has 2 aliphatic heterocycles. The summed E-state index contributed by atoms with van der Waals surface area (Å²) >= 11 is 6.40. The quantitative estimate of drug-likeness (QED) is 0.401. The molecule has 3 aromatic rings. The second-order valence-electron chi connectivity index (χ2n) is 10.1. The lowest BCUT2D eigenvalue weighted by molar-refractivity contribution is -0.131. The first-order valence-electron chi connectivity index (χ1n) is 13.6. The summed E-state index contributed by atoms with van der Waals surface area (Å²) in [5, 5.41) is 4.21. The fourth-order valence-electron chi connectivity index (χ4n) is 5.34. The first kappa shape index (κ1) is 26.8. The van der Waals surface area contributed by atoms with Crippen molar-refractivity contribution in [1.29, 1.82) is 0 Å². The van der Waals surface area contributed by atoms with Gasteiger partial charge in [0.05, 0.1) is 16.9 Å². The van der Waals surface area contributed by atoms with Crippen LogP contribution in [0.2, 0.25) is 5.02 Å². The molecular weight excluding hydrogens is 510 g/mol. The minimum absolute atomic E-state index is 0.0617. The van der Waals surface area contributed by atoms with Crippen LogP contribution in [0.25, 0.3) is 11.3 Å². The molecule has 1 N–H and O–H groups in total. The summed E-state index contributed by atoms with van der Waals surface area (Å²) in [6.07, 6.45) is 5.65. The number of nitrogens with one attached hydrogen (secondary N) is 1. The van der Waals surface area contributed by atoms with Crippen molar-refractivity contribution in [3.05, 3.63) is 72.2 Å². The van der Waals surface area contributed by atoms with Gasteiger partial charge in [0.1, 0.15) is 17.6 Å². The Hall–Kier alpha value is -3.78. The maximum atomic E-state index is 13.5. The van der Waals surface area contributed by atoms with Crippen molar-refractivity contribution in [3.8, 4) is 11.3 Å². The minimum Gasteiger partial charge on any atom is -0.372 e. The molecule has 1 unspecified atom stereocenters. The number of nitrogens with zero attached hydrogens (tertiary/aromatic N) is 6. The molecule has 0 saturated carbocycles. The van der Waals surface area contributed by atoms with E-state index in [1.807, 2.05) is 47.7 Å². The van der Waals surface area contributed by atoms with E-state index in [2.05, 4.69) is 51.0 Å². The molecule has 2 aromatic carbocycles. The van der Waals surface area contributed by atoms with Crippen LogP contribution < -0.4 is 15.1 Å². The molecule has 5 rings (SSSR count). The Balaban J connectivity index is 1.32. The summed E-state index contributed by atoms with van der Waals surface area (Å²) in [5.41, 5.74) is 4.03. The molecule has 0 aliphatic carbocycles. The number of aliphatic imine (C=N–C) groups is 1. The molecule has 204 valence electrons. The van der Waals surface area contributed by atoms with Crippen LogP contribution in [-0.2, 0) is 11.8 Å². The summed E-state index contributed by atoms with van der Waals surface area (Å²) in [4.78, 5) is 29.1. The zero-order valence-corrected chi connectivity index (χ0v) is 23.4. The predicted molar refractivity (Wildman–Crippen MR) is 161 cm³/mol. The number of rotatable bonds is 8. The zero-order chi connectivity index (χ0) is 27.4. The van der Waals surface area contributed by atoms with Gasteiger partial charge in [-0.3, -0.25) is 9.79 Å². The van der Waals surface area contributed by atoms with Gasteiger partial charge in [-0.1, -0.05) is 42.4 Å². The van der Waals surface area contributed by atoms with E-state index in [0.29, 0.717) is 18.9 Å². The van der Waals surface area contributed by atoms with Gasteiger partial charge in [-0.25, -0.2) is 4.98 Å². The largest absolute Gasteiger partial charge is 0.372 e. The number of carbonyl (C=O) groups is 1. The Labute approximate surface area is 235 Å². The Morgan fingerprint density at radius 1 is 1.03 bits per heavy atom. The first-order valence-corrected chi connectivity index (χ1v) is 13.9. The average molecular weight is 546 g/mol. The SMILES string of the molecule is C=CN=Cc1nc(-c2ccc(N3CCCC3)cc2)c(NC(C)C(=O)N2CCN(c3ccccc3Cl)CC2)n1C. The van der Waals surface area contributed by atoms with E-state index >= 15 is 0 Å². The highest BCUT2D eigenvalue weighted by Crippen LogP contribution is 2.31. The molecule has 9 heteroatoms. The molecule has 1 aromatic heterocycles. The minimum atomic E-state index is -0.431. The molecule has 2 fully saturated rings. The Morgan fingerprint density at radius 3 is 2.38 bits per heavy atom. The monoisotopic (exact) mass is 545 g/mol. The number of anilines is 3. The van der Waals surface area contributed by atoms with E-state index in [0.717, 1.165) is 54.0 Å². The van der Waals surface area contributed by atoms with Gasteiger partial charge < -0.3 is 24.6 Å². The smallest absolute Gasteiger partial charge is 0.244 e. The molecular formula is C30H36ClN7O. The molecule has 0 radical (unpaired) electrons. The molecule has 2 aliphatic rings. The van der Waals surface area contributed by atoms with E-state index in [-0.39, 0.29) is 5.91 Å². The van der Waals surface area contributed by atoms with Crippen LogP contribution in [0.4, 0.5) is 17.2 Å². The number of para-hydroxylation sites is 1. The Bertz CT molecular complexity index is 1340. The van der Waals surface area contributed by atoms with E-state index in [1.165, 1.54) is 24.7 Å². The topological polar surface area (TPSA) is 69.0 Å². The molecule has 2 saturated heterocycles. The van der Waals surface area contributed by atoms with Crippen molar-refractivity contribution in [2.45, 2.75) is 25.8 Å². The maximum absolute atomic E-state index is 13.5. The maximum Gasteiger partial charge on any atom is 0.244 e. The van der Waals surface area contributed by atoms with Crippen molar-refractivity contribution >= 4 is 40.9 Å². The second-order valence-corrected chi connectivity index (χ2v) is 10.5. The summed E-state index contributed by atoms with van der Waals surface area (Å²) in [6.45, 7) is 10.6. The standard InChI is InChI=1S/C30H36ClN7O/c1-4-32-21-27-34-28(23-11-13-24(14-12-23)36-15-7-8-16-36)29(35(27)3)33-22(2)30(39)38-19-17-37(18-20-38)26-10-6-5-9-25(26)31/h4-6,9-14,21-22,33H,1,7-8,15-20H2,2-3H3. The number of imidazole rings is 1. The van der Waals surface area contributed by atoms with Crippen LogP contribution in [0.15, 0.2) is 66.3 Å². The molecule has 1 amide bonds. The zero-order valence-electron chi connectivity index (χ0n) is 22.7. The average Bonchev–Trinajstić information content (AvgIpc) is 3.61. The molecule has 39 heavy (non-hydrogen) atoms. The van der Waals surface area contributed by atoms with Gasteiger partial charge in [0.2, 0.25) is 5.91 Å². The predicted octanol–water partition coefficient (Wildman–Crippen LogP) is 5.05. The van der Waals surface area contributed by atoms with Crippen molar-refractivity contribution in [2.24, 2.45) is 12.0 Å². The third-order valence-electron chi connectivity index (χ3n) is 7.55. The van der Waals surface area contributed by atoms with Crippen LogP contribution in [0, 0.1) is 0 Å². The fraction of sp³-hybridized carbons (Fsp3) is 0.367. The van der Waals surface area contributed by atoms with Crippen LogP contribution in [0.1, 0.15) is 25.6 Å². The number of amides is 1. The molecule has 3 heterocycles. The lowest BCUT2D eigenvalue weighted by Crippen LogP contribution is -2.52. The Morgan fingerprint density at radius 2 is 1.72 bits per heavy atom. The number of benzene rings is 2. The molecule has 8 nitrogen and oxygen atoms in total. The first-order chi connectivity index (χ1) is 19.0.